The minimum Gasteiger partial charge on any atom is -0.484 e. The molecule has 0 bridgehead atoms. The summed E-state index contributed by atoms with van der Waals surface area (Å²) in [5.41, 5.74) is 1.33. The Bertz CT molecular complexity index is 1010. The molecule has 0 unspecified atom stereocenters. The second kappa shape index (κ2) is 8.27. The van der Waals surface area contributed by atoms with E-state index in [0.717, 1.165) is 25.0 Å². The zero-order valence-electron chi connectivity index (χ0n) is 15.5. The van der Waals surface area contributed by atoms with Gasteiger partial charge in [0, 0.05) is 50.2 Å². The van der Waals surface area contributed by atoms with Gasteiger partial charge in [0.25, 0.3) is 5.91 Å². The maximum Gasteiger partial charge on any atom is 0.336 e. The minimum absolute atomic E-state index is 0.0265. The van der Waals surface area contributed by atoms with E-state index in [1.165, 1.54) is 11.6 Å². The highest BCUT2D eigenvalue weighted by Crippen LogP contribution is 2.19. The molecule has 1 fully saturated rings. The smallest absolute Gasteiger partial charge is 0.336 e. The zero-order valence-corrected chi connectivity index (χ0v) is 15.5. The molecule has 0 radical (unpaired) electrons. The van der Waals surface area contributed by atoms with Crippen LogP contribution in [0.3, 0.4) is 0 Å². The quantitative estimate of drug-likeness (QED) is 0.639. The van der Waals surface area contributed by atoms with Crippen LogP contribution in [0.15, 0.2) is 69.9 Å². The molecule has 1 aromatic heterocycles. The van der Waals surface area contributed by atoms with Crippen molar-refractivity contribution >= 4 is 16.9 Å². The first-order chi connectivity index (χ1) is 13.7. The van der Waals surface area contributed by atoms with E-state index >= 15 is 0 Å². The van der Waals surface area contributed by atoms with Crippen LogP contribution in [0.2, 0.25) is 0 Å². The van der Waals surface area contributed by atoms with Crippen LogP contribution in [0.1, 0.15) is 5.56 Å². The van der Waals surface area contributed by atoms with Crippen LogP contribution in [-0.2, 0) is 11.3 Å². The number of piperazine rings is 1. The molecule has 6 heteroatoms. The summed E-state index contributed by atoms with van der Waals surface area (Å²) in [6, 6.07) is 18.6. The van der Waals surface area contributed by atoms with Gasteiger partial charge in [-0.2, -0.15) is 0 Å². The molecular formula is C22H22N2O4. The maximum absolute atomic E-state index is 12.5. The highest BCUT2D eigenvalue weighted by molar-refractivity contribution is 5.79. The lowest BCUT2D eigenvalue weighted by Gasteiger charge is -2.34. The Kier molecular flexibility index (Phi) is 5.39. The molecule has 2 aromatic carbocycles. The second-order valence-electron chi connectivity index (χ2n) is 6.89. The van der Waals surface area contributed by atoms with Crippen LogP contribution < -0.4 is 10.4 Å². The van der Waals surface area contributed by atoms with Crippen LogP contribution in [0, 0.1) is 0 Å². The fraction of sp³-hybridized carbons (Fsp3) is 0.273. The van der Waals surface area contributed by atoms with Crippen molar-refractivity contribution in [1.82, 2.24) is 9.80 Å². The van der Waals surface area contributed by atoms with Crippen LogP contribution in [0.5, 0.6) is 5.75 Å². The van der Waals surface area contributed by atoms with Gasteiger partial charge in [-0.1, -0.05) is 30.3 Å². The van der Waals surface area contributed by atoms with Crippen molar-refractivity contribution in [3.8, 4) is 5.75 Å². The Labute approximate surface area is 162 Å². The van der Waals surface area contributed by atoms with Crippen molar-refractivity contribution in [2.45, 2.75) is 6.54 Å². The van der Waals surface area contributed by atoms with Crippen LogP contribution in [0.25, 0.3) is 11.0 Å². The van der Waals surface area contributed by atoms with Gasteiger partial charge in [0.1, 0.15) is 11.3 Å². The van der Waals surface area contributed by atoms with Crippen molar-refractivity contribution in [1.29, 1.82) is 0 Å². The molecule has 2 heterocycles. The first-order valence-electron chi connectivity index (χ1n) is 9.38. The van der Waals surface area contributed by atoms with E-state index in [2.05, 4.69) is 17.0 Å². The number of hydrogen-bond donors (Lipinski definition) is 0. The number of hydrogen-bond acceptors (Lipinski definition) is 5. The lowest BCUT2D eigenvalue weighted by molar-refractivity contribution is -0.135. The molecule has 1 aliphatic heterocycles. The van der Waals surface area contributed by atoms with Gasteiger partial charge in [-0.15, -0.1) is 0 Å². The summed E-state index contributed by atoms with van der Waals surface area (Å²) in [6.07, 6.45) is 0. The number of nitrogens with zero attached hydrogens (tertiary/aromatic N) is 2. The predicted octanol–water partition coefficient (Wildman–Crippen LogP) is 2.52. The Hall–Kier alpha value is -3.12. The summed E-state index contributed by atoms with van der Waals surface area (Å²) in [4.78, 5) is 28.0. The Morgan fingerprint density at radius 3 is 2.50 bits per heavy atom. The summed E-state index contributed by atoms with van der Waals surface area (Å²) in [7, 11) is 0. The largest absolute Gasteiger partial charge is 0.484 e. The van der Waals surface area contributed by atoms with E-state index < -0.39 is 5.63 Å². The average Bonchev–Trinajstić information content (AvgIpc) is 2.73. The van der Waals surface area contributed by atoms with Crippen LogP contribution in [0.4, 0.5) is 0 Å². The second-order valence-corrected chi connectivity index (χ2v) is 6.89. The molecule has 6 nitrogen and oxygen atoms in total. The Morgan fingerprint density at radius 1 is 0.964 bits per heavy atom. The van der Waals surface area contributed by atoms with Crippen molar-refractivity contribution < 1.29 is 13.9 Å². The highest BCUT2D eigenvalue weighted by Gasteiger charge is 2.21. The van der Waals surface area contributed by atoms with E-state index in [4.69, 9.17) is 9.15 Å². The molecule has 0 aliphatic carbocycles. The number of amides is 1. The first-order valence-corrected chi connectivity index (χ1v) is 9.38. The molecule has 28 heavy (non-hydrogen) atoms. The molecular weight excluding hydrogens is 356 g/mol. The first kappa shape index (κ1) is 18.3. The number of carbonyl (C=O) groups is 1. The van der Waals surface area contributed by atoms with E-state index in [9.17, 15) is 9.59 Å². The molecule has 1 aliphatic rings. The van der Waals surface area contributed by atoms with Gasteiger partial charge in [-0.3, -0.25) is 9.69 Å². The summed E-state index contributed by atoms with van der Waals surface area (Å²) in [6.45, 7) is 3.97. The van der Waals surface area contributed by atoms with Gasteiger partial charge in [0.15, 0.2) is 6.61 Å². The van der Waals surface area contributed by atoms with Crippen molar-refractivity contribution in [3.63, 3.8) is 0 Å². The molecule has 0 spiro atoms. The van der Waals surface area contributed by atoms with Gasteiger partial charge >= 0.3 is 5.63 Å². The molecule has 0 saturated carbocycles. The maximum atomic E-state index is 12.5. The van der Waals surface area contributed by atoms with Crippen molar-refractivity contribution in [2.75, 3.05) is 32.8 Å². The number of rotatable bonds is 5. The van der Waals surface area contributed by atoms with Crippen molar-refractivity contribution in [2.24, 2.45) is 0 Å². The predicted molar refractivity (Wildman–Crippen MR) is 106 cm³/mol. The SMILES string of the molecule is O=C(COc1ccc2ccc(=O)oc2c1)N1CCN(Cc2ccccc2)CC1. The standard InChI is InChI=1S/C22H22N2O4/c25-21(16-27-19-8-6-18-7-9-22(26)28-20(18)14-19)24-12-10-23(11-13-24)15-17-4-2-1-3-5-17/h1-9,14H,10-13,15-16H2. The van der Waals surface area contributed by atoms with E-state index in [-0.39, 0.29) is 12.5 Å². The van der Waals surface area contributed by atoms with Crippen LogP contribution in [-0.4, -0.2) is 48.5 Å². The van der Waals surface area contributed by atoms with Gasteiger partial charge in [-0.05, 0) is 23.8 Å². The minimum atomic E-state index is -0.408. The molecule has 3 aromatic rings. The lowest BCUT2D eigenvalue weighted by Crippen LogP contribution is -2.49. The third-order valence-corrected chi connectivity index (χ3v) is 4.93. The van der Waals surface area contributed by atoms with Gasteiger partial charge in [-0.25, -0.2) is 4.79 Å². The molecule has 1 saturated heterocycles. The molecule has 4 rings (SSSR count). The lowest BCUT2D eigenvalue weighted by atomic mass is 10.2. The van der Waals surface area contributed by atoms with Crippen molar-refractivity contribution in [3.05, 3.63) is 76.6 Å². The Morgan fingerprint density at radius 2 is 1.71 bits per heavy atom. The monoisotopic (exact) mass is 378 g/mol. The van der Waals surface area contributed by atoms with Gasteiger partial charge < -0.3 is 14.1 Å². The third kappa shape index (κ3) is 4.40. The number of ether oxygens (including phenoxy) is 1. The number of carbonyl (C=O) groups excluding carboxylic acids is 1. The van der Waals surface area contributed by atoms with Gasteiger partial charge in [0.2, 0.25) is 0 Å². The Balaban J connectivity index is 1.28. The highest BCUT2D eigenvalue weighted by atomic mass is 16.5. The summed E-state index contributed by atoms with van der Waals surface area (Å²) >= 11 is 0. The zero-order chi connectivity index (χ0) is 19.3. The molecule has 0 atom stereocenters. The summed E-state index contributed by atoms with van der Waals surface area (Å²) < 4.78 is 10.8. The molecule has 1 amide bonds. The topological polar surface area (TPSA) is 63.0 Å². The average molecular weight is 378 g/mol. The molecule has 0 N–H and O–H groups in total. The number of fused-ring (bicyclic) bond motifs is 1. The van der Waals surface area contributed by atoms with E-state index in [1.54, 1.807) is 24.3 Å². The normalized spacial score (nSPS) is 14.9. The van der Waals surface area contributed by atoms with E-state index in [0.29, 0.717) is 24.4 Å². The summed E-state index contributed by atoms with van der Waals surface area (Å²) in [5, 5.41) is 0.813. The fourth-order valence-corrected chi connectivity index (χ4v) is 3.36. The van der Waals surface area contributed by atoms with E-state index in [1.807, 2.05) is 23.1 Å². The fourth-order valence-electron chi connectivity index (χ4n) is 3.36. The van der Waals surface area contributed by atoms with Gasteiger partial charge in [0.05, 0.1) is 0 Å². The summed E-state index contributed by atoms with van der Waals surface area (Å²) in [5.74, 6) is 0.479. The molecule has 144 valence electrons. The van der Waals surface area contributed by atoms with Crippen LogP contribution >= 0.6 is 0 Å². The number of benzene rings is 2. The third-order valence-electron chi connectivity index (χ3n) is 4.93.